The lowest BCUT2D eigenvalue weighted by Crippen LogP contribution is -2.13. The van der Waals surface area contributed by atoms with Crippen molar-refractivity contribution in [1.29, 1.82) is 0 Å². The Bertz CT molecular complexity index is 1090. The summed E-state index contributed by atoms with van der Waals surface area (Å²) in [6.07, 6.45) is 5.40. The van der Waals surface area contributed by atoms with Gasteiger partial charge in [-0.15, -0.1) is 0 Å². The number of primary sulfonamides is 1. The minimum Gasteiger partial charge on any atom is -0.440 e. The van der Waals surface area contributed by atoms with E-state index in [1.54, 1.807) is 30.3 Å². The van der Waals surface area contributed by atoms with Gasteiger partial charge in [0.1, 0.15) is 11.5 Å². The van der Waals surface area contributed by atoms with Crippen molar-refractivity contribution < 1.29 is 17.2 Å². The maximum atomic E-state index is 13.4. The summed E-state index contributed by atoms with van der Waals surface area (Å²) in [5.41, 5.74) is 1.52. The molecule has 0 aliphatic heterocycles. The molecule has 1 saturated carbocycles. The molecule has 1 aromatic heterocycles. The molecule has 1 aliphatic carbocycles. The number of nitrogens with zero attached hydrogens (tertiary/aromatic N) is 1. The van der Waals surface area contributed by atoms with Crippen LogP contribution in [0.3, 0.4) is 0 Å². The molecule has 0 saturated heterocycles. The molecule has 0 bridgehead atoms. The van der Waals surface area contributed by atoms with Gasteiger partial charge in [-0.05, 0) is 49.2 Å². The zero-order valence-electron chi connectivity index (χ0n) is 15.3. The number of halogens is 1. The van der Waals surface area contributed by atoms with Gasteiger partial charge < -0.3 is 4.42 Å². The minimum atomic E-state index is -3.95. The van der Waals surface area contributed by atoms with Crippen LogP contribution in [0.5, 0.6) is 0 Å². The number of nitrogens with two attached hydrogens (primary N) is 1. The van der Waals surface area contributed by atoms with Crippen molar-refractivity contribution >= 4 is 10.0 Å². The predicted octanol–water partition coefficient (Wildman–Crippen LogP) is 4.84. The number of hydrogen-bond donors (Lipinski definition) is 1. The van der Waals surface area contributed by atoms with Crippen molar-refractivity contribution in [3.05, 3.63) is 60.2 Å². The summed E-state index contributed by atoms with van der Waals surface area (Å²) < 4.78 is 43.7. The molecule has 0 atom stereocenters. The van der Waals surface area contributed by atoms with Crippen molar-refractivity contribution in [3.8, 4) is 22.6 Å². The van der Waals surface area contributed by atoms with E-state index in [-0.39, 0.29) is 16.6 Å². The van der Waals surface area contributed by atoms with E-state index in [1.807, 2.05) is 0 Å². The molecule has 146 valence electrons. The summed E-state index contributed by atoms with van der Waals surface area (Å²) in [6.45, 7) is 0. The fourth-order valence-corrected chi connectivity index (χ4v) is 4.48. The number of hydrogen-bond acceptors (Lipinski definition) is 4. The van der Waals surface area contributed by atoms with Crippen LogP contribution in [0.1, 0.15) is 43.9 Å². The molecule has 0 unspecified atom stereocenters. The SMILES string of the molecule is NS(=O)(=O)c1ccccc1-c1oc(C2CCCCC2)nc1-c1ccc(F)cc1. The van der Waals surface area contributed by atoms with E-state index in [0.29, 0.717) is 28.5 Å². The Labute approximate surface area is 163 Å². The van der Waals surface area contributed by atoms with E-state index < -0.39 is 10.0 Å². The van der Waals surface area contributed by atoms with Crippen LogP contribution in [-0.4, -0.2) is 13.4 Å². The largest absolute Gasteiger partial charge is 0.440 e. The van der Waals surface area contributed by atoms with Crippen LogP contribution in [-0.2, 0) is 10.0 Å². The summed E-state index contributed by atoms with van der Waals surface area (Å²) >= 11 is 0. The van der Waals surface area contributed by atoms with Gasteiger partial charge in [-0.1, -0.05) is 31.4 Å². The third-order valence-electron chi connectivity index (χ3n) is 5.15. The van der Waals surface area contributed by atoms with Crippen LogP contribution < -0.4 is 5.14 Å². The van der Waals surface area contributed by atoms with Crippen LogP contribution in [0.4, 0.5) is 4.39 Å². The Morgan fingerprint density at radius 3 is 2.36 bits per heavy atom. The van der Waals surface area contributed by atoms with Crippen molar-refractivity contribution in [2.75, 3.05) is 0 Å². The minimum absolute atomic E-state index is 0.0234. The molecule has 1 heterocycles. The Kier molecular flexibility index (Phi) is 5.03. The van der Waals surface area contributed by atoms with Crippen molar-refractivity contribution in [1.82, 2.24) is 4.98 Å². The zero-order valence-corrected chi connectivity index (χ0v) is 16.1. The fraction of sp³-hybridized carbons (Fsp3) is 0.286. The number of rotatable bonds is 4. The molecule has 1 fully saturated rings. The summed E-state index contributed by atoms with van der Waals surface area (Å²) in [6, 6.07) is 12.3. The highest BCUT2D eigenvalue weighted by atomic mass is 32.2. The highest BCUT2D eigenvalue weighted by molar-refractivity contribution is 7.89. The summed E-state index contributed by atoms with van der Waals surface area (Å²) in [4.78, 5) is 4.69. The lowest BCUT2D eigenvalue weighted by molar-refractivity contribution is 0.367. The molecule has 4 rings (SSSR count). The highest BCUT2D eigenvalue weighted by Crippen LogP contribution is 2.40. The first-order chi connectivity index (χ1) is 13.4. The maximum absolute atomic E-state index is 13.4. The molecular formula is C21H21FN2O3S. The van der Waals surface area contributed by atoms with Crippen molar-refractivity contribution in [2.45, 2.75) is 42.9 Å². The number of sulfonamides is 1. The summed E-state index contributed by atoms with van der Waals surface area (Å²) in [5.74, 6) is 0.782. The quantitative estimate of drug-likeness (QED) is 0.679. The number of aromatic nitrogens is 1. The lowest BCUT2D eigenvalue weighted by Gasteiger charge is -2.18. The highest BCUT2D eigenvalue weighted by Gasteiger charge is 2.27. The zero-order chi connectivity index (χ0) is 19.7. The van der Waals surface area contributed by atoms with Gasteiger partial charge in [0.05, 0.1) is 4.90 Å². The Morgan fingerprint density at radius 2 is 1.68 bits per heavy atom. The van der Waals surface area contributed by atoms with Gasteiger partial charge in [0.15, 0.2) is 11.7 Å². The van der Waals surface area contributed by atoms with Gasteiger partial charge in [-0.2, -0.15) is 0 Å². The van der Waals surface area contributed by atoms with E-state index in [0.717, 1.165) is 25.7 Å². The van der Waals surface area contributed by atoms with Crippen LogP contribution in [0, 0.1) is 5.82 Å². The van der Waals surface area contributed by atoms with E-state index in [1.165, 1.54) is 24.6 Å². The van der Waals surface area contributed by atoms with Gasteiger partial charge >= 0.3 is 0 Å². The van der Waals surface area contributed by atoms with Gasteiger partial charge in [0, 0.05) is 17.0 Å². The molecule has 0 radical (unpaired) electrons. The molecule has 0 amide bonds. The molecule has 2 N–H and O–H groups in total. The standard InChI is InChI=1S/C21H21FN2O3S/c22-16-12-10-14(11-13-16)19-20(17-8-4-5-9-18(17)28(23,25)26)27-21(24-19)15-6-2-1-3-7-15/h4-5,8-13,15H,1-3,6-7H2,(H2,23,25,26). The summed E-state index contributed by atoms with van der Waals surface area (Å²) in [7, 11) is -3.95. The Morgan fingerprint density at radius 1 is 1.00 bits per heavy atom. The first-order valence-corrected chi connectivity index (χ1v) is 10.9. The van der Waals surface area contributed by atoms with Crippen molar-refractivity contribution in [3.63, 3.8) is 0 Å². The smallest absolute Gasteiger partial charge is 0.238 e. The Balaban J connectivity index is 1.91. The van der Waals surface area contributed by atoms with Crippen LogP contribution >= 0.6 is 0 Å². The van der Waals surface area contributed by atoms with E-state index in [4.69, 9.17) is 14.5 Å². The fourth-order valence-electron chi connectivity index (χ4n) is 3.75. The summed E-state index contributed by atoms with van der Waals surface area (Å²) in [5, 5.41) is 5.41. The first-order valence-electron chi connectivity index (χ1n) is 9.32. The molecule has 2 aromatic carbocycles. The lowest BCUT2D eigenvalue weighted by atomic mass is 9.89. The first kappa shape index (κ1) is 18.8. The molecule has 3 aromatic rings. The van der Waals surface area contributed by atoms with E-state index >= 15 is 0 Å². The van der Waals surface area contributed by atoms with Gasteiger partial charge in [0.25, 0.3) is 0 Å². The van der Waals surface area contributed by atoms with Gasteiger partial charge in [0.2, 0.25) is 10.0 Å². The van der Waals surface area contributed by atoms with E-state index in [2.05, 4.69) is 0 Å². The molecule has 0 spiro atoms. The normalized spacial score (nSPS) is 15.6. The molecule has 28 heavy (non-hydrogen) atoms. The van der Waals surface area contributed by atoms with Crippen LogP contribution in [0.15, 0.2) is 57.8 Å². The average molecular weight is 400 g/mol. The Hall–Kier alpha value is -2.51. The second-order valence-corrected chi connectivity index (χ2v) is 8.64. The third-order valence-corrected chi connectivity index (χ3v) is 6.12. The molecule has 5 nitrogen and oxygen atoms in total. The topological polar surface area (TPSA) is 86.2 Å². The van der Waals surface area contributed by atoms with Crippen LogP contribution in [0.2, 0.25) is 0 Å². The number of benzene rings is 2. The van der Waals surface area contributed by atoms with E-state index in [9.17, 15) is 12.8 Å². The molecular weight excluding hydrogens is 379 g/mol. The average Bonchev–Trinajstić information content (AvgIpc) is 3.14. The van der Waals surface area contributed by atoms with Crippen molar-refractivity contribution in [2.24, 2.45) is 5.14 Å². The molecule has 1 aliphatic rings. The van der Waals surface area contributed by atoms with Gasteiger partial charge in [-0.25, -0.2) is 22.9 Å². The maximum Gasteiger partial charge on any atom is 0.238 e. The van der Waals surface area contributed by atoms with Gasteiger partial charge in [-0.3, -0.25) is 0 Å². The second-order valence-electron chi connectivity index (χ2n) is 7.11. The monoisotopic (exact) mass is 400 g/mol. The predicted molar refractivity (Wildman–Crippen MR) is 105 cm³/mol. The molecule has 7 heteroatoms. The second kappa shape index (κ2) is 7.48. The number of oxazole rings is 1. The third kappa shape index (κ3) is 3.72. The van der Waals surface area contributed by atoms with Crippen LogP contribution in [0.25, 0.3) is 22.6 Å².